The van der Waals surface area contributed by atoms with E-state index in [9.17, 15) is 0 Å². The van der Waals surface area contributed by atoms with Crippen molar-refractivity contribution in [2.75, 3.05) is 14.6 Å². The zero-order valence-corrected chi connectivity index (χ0v) is 51.6. The Labute approximate surface area is 503 Å². The maximum absolute atomic E-state index is 7.36. The van der Waals surface area contributed by atoms with Crippen LogP contribution in [-0.4, -0.2) is 6.85 Å². The topological polar surface area (TPSA) is 36.0 Å². The average Bonchev–Trinajstić information content (AvgIpc) is 1.88. The summed E-state index contributed by atoms with van der Waals surface area (Å²) in [5, 5.41) is 5.69. The fraction of sp³-hybridized carbons (Fsp3) is 0.205. The van der Waals surface area contributed by atoms with Crippen LogP contribution in [0.4, 0.5) is 45.5 Å². The fourth-order valence-electron chi connectivity index (χ4n) is 13.4. The highest BCUT2D eigenvalue weighted by atomic mass is 32.1. The Morgan fingerprint density at radius 2 is 1.01 bits per heavy atom. The van der Waals surface area contributed by atoms with Crippen molar-refractivity contribution in [1.29, 1.82) is 0 Å². The minimum absolute atomic E-state index is 0.0295. The second-order valence-corrected chi connectivity index (χ2v) is 28.9. The maximum Gasteiger partial charge on any atom is 0.333 e. The van der Waals surface area contributed by atoms with Crippen LogP contribution in [0.1, 0.15) is 105 Å². The molecule has 0 bridgehead atoms. The van der Waals surface area contributed by atoms with Crippen molar-refractivity contribution < 1.29 is 8.83 Å². The maximum atomic E-state index is 7.36. The molecule has 0 saturated heterocycles. The van der Waals surface area contributed by atoms with Gasteiger partial charge in [-0.2, -0.15) is 0 Å². The minimum atomic E-state index is -0.285. The van der Waals surface area contributed by atoms with E-state index in [2.05, 4.69) is 298 Å². The molecule has 418 valence electrons. The lowest BCUT2D eigenvalue weighted by Gasteiger charge is -2.46. The van der Waals surface area contributed by atoms with Crippen LogP contribution < -0.4 is 25.5 Å². The fourth-order valence-corrected chi connectivity index (χ4v) is 14.5. The van der Waals surface area contributed by atoms with Crippen molar-refractivity contribution in [2.24, 2.45) is 0 Å². The Hall–Kier alpha value is -8.78. The lowest BCUT2D eigenvalue weighted by molar-refractivity contribution is 0.590. The van der Waals surface area contributed by atoms with Crippen molar-refractivity contribution >= 4 is 128 Å². The Bertz CT molecular complexity index is 4750. The zero-order chi connectivity index (χ0) is 58.6. The van der Waals surface area contributed by atoms with E-state index in [0.717, 1.165) is 95.0 Å². The normalized spacial score (nSPS) is 13.6. The molecule has 0 unspecified atom stereocenters. The first-order valence-electron chi connectivity index (χ1n) is 30.1. The average molecular weight is 1120 g/mol. The van der Waals surface area contributed by atoms with Gasteiger partial charge in [0.15, 0.2) is 5.58 Å². The molecule has 5 nitrogen and oxygen atoms in total. The van der Waals surface area contributed by atoms with E-state index >= 15 is 0 Å². The van der Waals surface area contributed by atoms with Crippen LogP contribution >= 0.6 is 11.3 Å². The monoisotopic (exact) mass is 1120 g/mol. The van der Waals surface area contributed by atoms with Crippen LogP contribution in [0.15, 0.2) is 215 Å². The molecule has 15 rings (SSSR count). The highest BCUT2D eigenvalue weighted by Gasteiger charge is 2.48. The largest absolute Gasteiger partial charge is 0.464 e. The predicted octanol–water partition coefficient (Wildman–Crippen LogP) is 21.7. The van der Waals surface area contributed by atoms with Crippen molar-refractivity contribution in [2.45, 2.75) is 105 Å². The van der Waals surface area contributed by atoms with E-state index in [4.69, 9.17) is 8.83 Å². The van der Waals surface area contributed by atoms with Gasteiger partial charge >= 0.3 is 6.85 Å². The molecule has 0 atom stereocenters. The summed E-state index contributed by atoms with van der Waals surface area (Å²) in [5.41, 5.74) is 23.6. The van der Waals surface area contributed by atoms with Gasteiger partial charge < -0.3 is 23.4 Å². The SMILES string of the molecule is CC(C)(C)c1ccc(N2B3c4cc5occc5cc4N(c4ccc(C(C)(C)C)cc4-c4ccccc4)c4c3c(cc3c4oc4ccccc43)-c3cc4c(cc32)sc2ccc(N(c3ccc(C(C)(C)C)cc3)c3ccc(C(C)(C)C)cc3)cc24)cc1. The van der Waals surface area contributed by atoms with E-state index in [1.54, 1.807) is 0 Å². The van der Waals surface area contributed by atoms with Gasteiger partial charge in [0.2, 0.25) is 0 Å². The molecule has 0 aliphatic carbocycles. The summed E-state index contributed by atoms with van der Waals surface area (Å²) in [4.78, 5) is 7.61. The number of anilines is 8. The molecule has 13 aromatic rings. The third-order valence-corrected chi connectivity index (χ3v) is 19.3. The third kappa shape index (κ3) is 8.63. The van der Waals surface area contributed by atoms with Crippen LogP contribution in [-0.2, 0) is 21.7 Å². The number of thiophene rings is 1. The van der Waals surface area contributed by atoms with Crippen molar-refractivity contribution in [3.8, 4) is 22.3 Å². The molecule has 5 heterocycles. The molecular weight excluding hydrogens is 1050 g/mol. The van der Waals surface area contributed by atoms with Crippen LogP contribution in [0, 0.1) is 0 Å². The summed E-state index contributed by atoms with van der Waals surface area (Å²) >= 11 is 1.88. The minimum Gasteiger partial charge on any atom is -0.464 e. The van der Waals surface area contributed by atoms with Crippen LogP contribution in [0.2, 0.25) is 0 Å². The van der Waals surface area contributed by atoms with Crippen LogP contribution in [0.5, 0.6) is 0 Å². The number of fused-ring (bicyclic) bond motifs is 12. The second kappa shape index (κ2) is 18.9. The molecule has 85 heavy (non-hydrogen) atoms. The predicted molar refractivity (Wildman–Crippen MR) is 365 cm³/mol. The lowest BCUT2D eigenvalue weighted by Crippen LogP contribution is -2.61. The number of benzene rings is 10. The first-order valence-corrected chi connectivity index (χ1v) is 30.9. The third-order valence-electron chi connectivity index (χ3n) is 18.1. The van der Waals surface area contributed by atoms with Crippen molar-refractivity contribution in [3.05, 3.63) is 229 Å². The van der Waals surface area contributed by atoms with Gasteiger partial charge in [0.1, 0.15) is 11.2 Å². The Balaban J connectivity index is 1.04. The van der Waals surface area contributed by atoms with E-state index in [0.29, 0.717) is 0 Å². The lowest BCUT2D eigenvalue weighted by atomic mass is 9.43. The molecule has 0 radical (unpaired) electrons. The van der Waals surface area contributed by atoms with Gasteiger partial charge in [-0.15, -0.1) is 11.3 Å². The Kier molecular flexibility index (Phi) is 11.8. The molecule has 10 aromatic carbocycles. The quantitative estimate of drug-likeness (QED) is 0.155. The number of hydrogen-bond donors (Lipinski definition) is 0. The number of para-hydroxylation sites is 1. The smallest absolute Gasteiger partial charge is 0.333 e. The molecule has 0 fully saturated rings. The molecule has 2 aliphatic rings. The molecule has 3 aromatic heterocycles. The second-order valence-electron chi connectivity index (χ2n) is 27.9. The summed E-state index contributed by atoms with van der Waals surface area (Å²) in [6.07, 6.45) is 1.83. The van der Waals surface area contributed by atoms with Gasteiger partial charge in [0, 0.05) is 81.6 Å². The van der Waals surface area contributed by atoms with E-state index in [-0.39, 0.29) is 28.5 Å². The summed E-state index contributed by atoms with van der Waals surface area (Å²) in [6.45, 7) is 27.2. The highest BCUT2D eigenvalue weighted by molar-refractivity contribution is 7.25. The number of nitrogens with zero attached hydrogens (tertiary/aromatic N) is 3. The Morgan fingerprint density at radius 3 is 1.67 bits per heavy atom. The zero-order valence-electron chi connectivity index (χ0n) is 50.8. The van der Waals surface area contributed by atoms with Crippen LogP contribution in [0.3, 0.4) is 0 Å². The number of hydrogen-bond acceptors (Lipinski definition) is 6. The molecule has 0 saturated carbocycles. The van der Waals surface area contributed by atoms with Crippen molar-refractivity contribution in [3.63, 3.8) is 0 Å². The first-order chi connectivity index (χ1) is 40.7. The number of furan rings is 2. The standard InChI is InChI=1S/C78H70BN3O2S/c1-75(2,3)49-22-29-53(30-23-49)80(54-31-24-50(25-32-54)76(4,5)6)56-35-37-70-60(42-56)61-43-59-62-44-63-57-20-16-17-21-68(57)84-74(63)73-72(62)79(82(66(59)46-71(61)85-70)55-33-26-51(27-34-55)77(7,8)9)64-45-69-48(38-39-83-69)40-67(64)81(73)65-36-28-52(78(10,11)12)41-58(65)47-18-14-13-15-19-47/h13-46H,1-12H3. The van der Waals surface area contributed by atoms with Gasteiger partial charge in [-0.3, -0.25) is 0 Å². The van der Waals surface area contributed by atoms with Gasteiger partial charge in [0.05, 0.1) is 17.6 Å². The van der Waals surface area contributed by atoms with E-state index in [1.165, 1.54) is 59.0 Å². The summed E-state index contributed by atoms with van der Waals surface area (Å²) < 4.78 is 16.3. The van der Waals surface area contributed by atoms with Gasteiger partial charge in [-0.1, -0.05) is 174 Å². The van der Waals surface area contributed by atoms with Gasteiger partial charge in [-0.25, -0.2) is 0 Å². The number of rotatable bonds is 6. The van der Waals surface area contributed by atoms with Crippen LogP contribution in [0.25, 0.3) is 75.3 Å². The van der Waals surface area contributed by atoms with Gasteiger partial charge in [-0.05, 0) is 175 Å². The molecule has 7 heteroatoms. The molecular formula is C78H70BN3O2S. The summed E-state index contributed by atoms with van der Waals surface area (Å²) in [6, 6.07) is 75.7. The van der Waals surface area contributed by atoms with E-state index in [1.807, 2.05) is 17.6 Å². The highest BCUT2D eigenvalue weighted by Crippen LogP contribution is 2.55. The van der Waals surface area contributed by atoms with Gasteiger partial charge in [0.25, 0.3) is 0 Å². The van der Waals surface area contributed by atoms with Crippen molar-refractivity contribution in [1.82, 2.24) is 0 Å². The molecule has 0 amide bonds. The molecule has 0 spiro atoms. The summed E-state index contributed by atoms with van der Waals surface area (Å²) in [7, 11) is 0. The molecule has 0 N–H and O–H groups in total. The molecule has 2 aliphatic heterocycles. The summed E-state index contributed by atoms with van der Waals surface area (Å²) in [5.74, 6) is 0. The first kappa shape index (κ1) is 53.0. The van der Waals surface area contributed by atoms with E-state index < -0.39 is 0 Å². The Morgan fingerprint density at radius 1 is 0.424 bits per heavy atom.